The van der Waals surface area contributed by atoms with Crippen molar-refractivity contribution in [3.63, 3.8) is 0 Å². The van der Waals surface area contributed by atoms with Crippen LogP contribution in [0.15, 0.2) is 18.2 Å². The number of hydrogen-bond donors (Lipinski definition) is 1. The molecule has 8 nitrogen and oxygen atoms in total. The van der Waals surface area contributed by atoms with Crippen LogP contribution in [0.5, 0.6) is 5.75 Å². The van der Waals surface area contributed by atoms with Gasteiger partial charge in [0.15, 0.2) is 11.6 Å². The van der Waals surface area contributed by atoms with Gasteiger partial charge in [-0.15, -0.1) is 0 Å². The Hall–Kier alpha value is -2.94. The van der Waals surface area contributed by atoms with E-state index in [0.717, 1.165) is 36.7 Å². The van der Waals surface area contributed by atoms with Crippen LogP contribution in [0.2, 0.25) is 0 Å². The Morgan fingerprint density at radius 3 is 2.82 bits per heavy atom. The van der Waals surface area contributed by atoms with Gasteiger partial charge in [-0.05, 0) is 49.3 Å². The molecule has 33 heavy (non-hydrogen) atoms. The first kappa shape index (κ1) is 23.2. The zero-order chi connectivity index (χ0) is 23.4. The molecule has 9 heteroatoms. The van der Waals surface area contributed by atoms with Crippen molar-refractivity contribution in [1.29, 1.82) is 0 Å². The van der Waals surface area contributed by atoms with Crippen LogP contribution < -0.4 is 10.1 Å². The number of esters is 1. The molecule has 4 rings (SSSR count). The summed E-state index contributed by atoms with van der Waals surface area (Å²) in [5.74, 6) is -1.20. The van der Waals surface area contributed by atoms with Gasteiger partial charge in [-0.1, -0.05) is 6.92 Å². The highest BCUT2D eigenvalue weighted by molar-refractivity contribution is 5.97. The van der Waals surface area contributed by atoms with E-state index in [9.17, 15) is 14.0 Å². The minimum atomic E-state index is -0.612. The number of aryl methyl sites for hydroxylation is 2. The van der Waals surface area contributed by atoms with Crippen molar-refractivity contribution in [2.75, 3.05) is 33.5 Å². The van der Waals surface area contributed by atoms with Gasteiger partial charge in [0.05, 0.1) is 36.2 Å². The van der Waals surface area contributed by atoms with Gasteiger partial charge in [-0.3, -0.25) is 9.48 Å². The van der Waals surface area contributed by atoms with Crippen LogP contribution in [0.1, 0.15) is 58.3 Å². The van der Waals surface area contributed by atoms with Crippen LogP contribution in [0.3, 0.4) is 0 Å². The highest BCUT2D eigenvalue weighted by Crippen LogP contribution is 2.37. The number of aromatic nitrogens is 2. The van der Waals surface area contributed by atoms with Gasteiger partial charge >= 0.3 is 5.97 Å². The number of rotatable bonds is 7. The summed E-state index contributed by atoms with van der Waals surface area (Å²) in [6, 6.07) is 3.97. The van der Waals surface area contributed by atoms with E-state index in [-0.39, 0.29) is 29.2 Å². The van der Waals surface area contributed by atoms with Crippen LogP contribution in [-0.2, 0) is 28.9 Å². The molecule has 2 aliphatic heterocycles. The number of nitrogens with one attached hydrogen (secondary N) is 1. The van der Waals surface area contributed by atoms with Crippen molar-refractivity contribution in [2.45, 2.75) is 45.6 Å². The van der Waals surface area contributed by atoms with Crippen LogP contribution in [-0.4, -0.2) is 55.1 Å². The fourth-order valence-electron chi connectivity index (χ4n) is 4.61. The van der Waals surface area contributed by atoms with E-state index in [4.69, 9.17) is 19.3 Å². The predicted octanol–water partition coefficient (Wildman–Crippen LogP) is 2.92. The van der Waals surface area contributed by atoms with Gasteiger partial charge in [-0.2, -0.15) is 5.10 Å². The van der Waals surface area contributed by atoms with E-state index in [1.807, 2.05) is 11.6 Å². The third-order valence-electron chi connectivity index (χ3n) is 6.55. The Kier molecular flexibility index (Phi) is 6.97. The standard InChI is InChI=1S/C24H30FN3O5/c1-3-18-21-19(14-24(15-26-22(21)29)7-11-32-12-8-24)28(27-18)9-4-10-33-23(30)16-5-6-20(31-2)17(25)13-16/h5-6,13H,3-4,7-12,14-15H2,1-2H3,(H,26,29). The number of carbonyl (C=O) groups is 2. The number of ether oxygens (including phenoxy) is 3. The highest BCUT2D eigenvalue weighted by Gasteiger charge is 2.39. The zero-order valence-electron chi connectivity index (χ0n) is 19.1. The largest absolute Gasteiger partial charge is 0.494 e. The van der Waals surface area contributed by atoms with E-state index in [2.05, 4.69) is 5.32 Å². The number of carbonyl (C=O) groups excluding carboxylic acids is 2. The predicted molar refractivity (Wildman–Crippen MR) is 118 cm³/mol. The minimum Gasteiger partial charge on any atom is -0.494 e. The van der Waals surface area contributed by atoms with Gasteiger partial charge in [0.1, 0.15) is 0 Å². The molecule has 1 N–H and O–H groups in total. The SMILES string of the molecule is CCc1nn(CCCOC(=O)c2ccc(OC)c(F)c2)c2c1C(=O)NCC1(CCOCC1)C2. The summed E-state index contributed by atoms with van der Waals surface area (Å²) in [6.07, 6.45) is 3.75. The van der Waals surface area contributed by atoms with E-state index < -0.39 is 11.8 Å². The first-order valence-corrected chi connectivity index (χ1v) is 11.4. The summed E-state index contributed by atoms with van der Waals surface area (Å²) >= 11 is 0. The average molecular weight is 460 g/mol. The summed E-state index contributed by atoms with van der Waals surface area (Å²) in [6.45, 7) is 4.71. The van der Waals surface area contributed by atoms with E-state index in [1.54, 1.807) is 0 Å². The maximum absolute atomic E-state index is 13.8. The molecule has 1 spiro atoms. The molecule has 1 saturated heterocycles. The molecular formula is C24H30FN3O5. The Labute approximate surface area is 192 Å². The molecule has 0 atom stereocenters. The third kappa shape index (κ3) is 4.88. The van der Waals surface area contributed by atoms with Crippen molar-refractivity contribution in [3.8, 4) is 5.75 Å². The smallest absolute Gasteiger partial charge is 0.338 e. The maximum atomic E-state index is 13.8. The lowest BCUT2D eigenvalue weighted by Crippen LogP contribution is -2.40. The molecule has 0 bridgehead atoms. The summed E-state index contributed by atoms with van der Waals surface area (Å²) in [5, 5.41) is 7.81. The number of methoxy groups -OCH3 is 1. The van der Waals surface area contributed by atoms with Gasteiger partial charge < -0.3 is 19.5 Å². The van der Waals surface area contributed by atoms with E-state index in [1.165, 1.54) is 19.2 Å². The Bertz CT molecular complexity index is 1030. The molecule has 1 fully saturated rings. The van der Waals surface area contributed by atoms with Crippen LogP contribution in [0.25, 0.3) is 0 Å². The summed E-state index contributed by atoms with van der Waals surface area (Å²) in [5.41, 5.74) is 2.54. The molecule has 0 unspecified atom stereocenters. The number of hydrogen-bond acceptors (Lipinski definition) is 6. The molecule has 1 amide bonds. The number of benzene rings is 1. The second-order valence-corrected chi connectivity index (χ2v) is 8.66. The first-order valence-electron chi connectivity index (χ1n) is 11.4. The quantitative estimate of drug-likeness (QED) is 0.506. The summed E-state index contributed by atoms with van der Waals surface area (Å²) in [7, 11) is 1.36. The van der Waals surface area contributed by atoms with Gasteiger partial charge in [-0.25, -0.2) is 9.18 Å². The fourth-order valence-corrected chi connectivity index (χ4v) is 4.61. The molecule has 2 aliphatic rings. The lowest BCUT2D eigenvalue weighted by molar-refractivity contribution is 0.0152. The second kappa shape index (κ2) is 9.91. The second-order valence-electron chi connectivity index (χ2n) is 8.66. The number of halogens is 1. The van der Waals surface area contributed by atoms with Gasteiger partial charge in [0.2, 0.25) is 0 Å². The maximum Gasteiger partial charge on any atom is 0.338 e. The highest BCUT2D eigenvalue weighted by atomic mass is 19.1. The average Bonchev–Trinajstić information content (AvgIpc) is 3.10. The summed E-state index contributed by atoms with van der Waals surface area (Å²) in [4.78, 5) is 25.1. The van der Waals surface area contributed by atoms with E-state index in [0.29, 0.717) is 44.7 Å². The van der Waals surface area contributed by atoms with Gasteiger partial charge in [0, 0.05) is 32.7 Å². The first-order chi connectivity index (χ1) is 16.0. The lowest BCUT2D eigenvalue weighted by atomic mass is 9.76. The summed E-state index contributed by atoms with van der Waals surface area (Å²) < 4.78 is 31.5. The Balaban J connectivity index is 1.43. The van der Waals surface area contributed by atoms with Crippen molar-refractivity contribution in [1.82, 2.24) is 15.1 Å². The normalized spacial score (nSPS) is 17.2. The van der Waals surface area contributed by atoms with Crippen LogP contribution in [0, 0.1) is 11.2 Å². The molecule has 2 aromatic rings. The minimum absolute atomic E-state index is 0.0210. The Morgan fingerprint density at radius 1 is 1.33 bits per heavy atom. The zero-order valence-corrected chi connectivity index (χ0v) is 19.1. The van der Waals surface area contributed by atoms with Crippen LogP contribution in [0.4, 0.5) is 4.39 Å². The molecule has 0 aliphatic carbocycles. The number of amides is 1. The van der Waals surface area contributed by atoms with E-state index >= 15 is 0 Å². The molecule has 1 aromatic carbocycles. The fraction of sp³-hybridized carbons (Fsp3) is 0.542. The van der Waals surface area contributed by atoms with Crippen molar-refractivity contribution in [3.05, 3.63) is 46.5 Å². The molecule has 1 aromatic heterocycles. The topological polar surface area (TPSA) is 91.7 Å². The van der Waals surface area contributed by atoms with Crippen molar-refractivity contribution >= 4 is 11.9 Å². The Morgan fingerprint density at radius 2 is 2.12 bits per heavy atom. The lowest BCUT2D eigenvalue weighted by Gasteiger charge is -2.36. The monoisotopic (exact) mass is 459 g/mol. The van der Waals surface area contributed by atoms with Gasteiger partial charge in [0.25, 0.3) is 5.91 Å². The number of nitrogens with zero attached hydrogens (tertiary/aromatic N) is 2. The molecule has 0 radical (unpaired) electrons. The molecule has 178 valence electrons. The third-order valence-corrected chi connectivity index (χ3v) is 6.55. The number of fused-ring (bicyclic) bond motifs is 1. The molecule has 3 heterocycles. The molecule has 0 saturated carbocycles. The van der Waals surface area contributed by atoms with Crippen molar-refractivity contribution < 1.29 is 28.2 Å². The van der Waals surface area contributed by atoms with Crippen LogP contribution >= 0.6 is 0 Å². The van der Waals surface area contributed by atoms with Crippen molar-refractivity contribution in [2.24, 2.45) is 5.41 Å². The molecular weight excluding hydrogens is 429 g/mol.